The van der Waals surface area contributed by atoms with Gasteiger partial charge in [0, 0.05) is 6.42 Å². The van der Waals surface area contributed by atoms with Gasteiger partial charge in [-0.05, 0) is 12.8 Å². The van der Waals surface area contributed by atoms with E-state index in [1.54, 1.807) is 0 Å². The maximum Gasteiger partial charge on any atom is 0.323 e. The minimum absolute atomic E-state index is 0.207. The number of likely N-dealkylation sites (tertiary alicyclic amines) is 1. The second-order valence-corrected chi connectivity index (χ2v) is 4.70. The van der Waals surface area contributed by atoms with Crippen molar-refractivity contribution in [3.8, 4) is 0 Å². The summed E-state index contributed by atoms with van der Waals surface area (Å²) in [5.41, 5.74) is -0.565. The molecule has 1 heterocycles. The predicted octanol–water partition coefficient (Wildman–Crippen LogP) is 0.780. The minimum Gasteiger partial charge on any atom is -0.480 e. The SMILES string of the molecule is O=C(O)CN1C(=O)CC2(CCCCC2)C1=O. The van der Waals surface area contributed by atoms with Crippen molar-refractivity contribution in [3.05, 3.63) is 0 Å². The zero-order valence-corrected chi connectivity index (χ0v) is 9.07. The van der Waals surface area contributed by atoms with Crippen molar-refractivity contribution in [2.75, 3.05) is 6.54 Å². The van der Waals surface area contributed by atoms with Crippen LogP contribution in [0, 0.1) is 5.41 Å². The van der Waals surface area contributed by atoms with Crippen LogP contribution in [0.25, 0.3) is 0 Å². The van der Waals surface area contributed by atoms with Gasteiger partial charge in [0.05, 0.1) is 5.41 Å². The van der Waals surface area contributed by atoms with E-state index in [0.717, 1.165) is 37.0 Å². The molecule has 1 N–H and O–H groups in total. The molecule has 1 saturated carbocycles. The van der Waals surface area contributed by atoms with E-state index in [2.05, 4.69) is 0 Å². The molecule has 2 aliphatic rings. The fourth-order valence-electron chi connectivity index (χ4n) is 2.77. The van der Waals surface area contributed by atoms with E-state index in [9.17, 15) is 14.4 Å². The third kappa shape index (κ3) is 1.70. The summed E-state index contributed by atoms with van der Waals surface area (Å²) >= 11 is 0. The first-order valence-electron chi connectivity index (χ1n) is 5.62. The van der Waals surface area contributed by atoms with Gasteiger partial charge in [-0.25, -0.2) is 0 Å². The van der Waals surface area contributed by atoms with Crippen LogP contribution in [-0.2, 0) is 14.4 Å². The first-order valence-corrected chi connectivity index (χ1v) is 5.62. The Kier molecular flexibility index (Phi) is 2.69. The van der Waals surface area contributed by atoms with E-state index in [1.165, 1.54) is 0 Å². The Hall–Kier alpha value is -1.39. The Balaban J connectivity index is 2.17. The summed E-state index contributed by atoms with van der Waals surface area (Å²) in [5, 5.41) is 8.65. The van der Waals surface area contributed by atoms with Crippen molar-refractivity contribution >= 4 is 17.8 Å². The molecule has 0 atom stereocenters. The molecular formula is C11H15NO4. The van der Waals surface area contributed by atoms with Gasteiger partial charge in [-0.15, -0.1) is 0 Å². The van der Waals surface area contributed by atoms with Crippen LogP contribution in [0.1, 0.15) is 38.5 Å². The summed E-state index contributed by atoms with van der Waals surface area (Å²) in [6.45, 7) is -0.487. The number of amides is 2. The molecule has 1 spiro atoms. The van der Waals surface area contributed by atoms with Crippen molar-refractivity contribution in [1.82, 2.24) is 4.90 Å². The fraction of sp³-hybridized carbons (Fsp3) is 0.727. The quantitative estimate of drug-likeness (QED) is 0.705. The maximum absolute atomic E-state index is 12.1. The molecule has 2 fully saturated rings. The Morgan fingerprint density at radius 1 is 1.25 bits per heavy atom. The summed E-state index contributed by atoms with van der Waals surface area (Å²) in [5.74, 6) is -1.72. The van der Waals surface area contributed by atoms with E-state index in [-0.39, 0.29) is 18.2 Å². The summed E-state index contributed by atoms with van der Waals surface area (Å²) < 4.78 is 0. The monoisotopic (exact) mass is 225 g/mol. The second-order valence-electron chi connectivity index (χ2n) is 4.70. The van der Waals surface area contributed by atoms with Crippen LogP contribution in [0.5, 0.6) is 0 Å². The second kappa shape index (κ2) is 3.88. The molecule has 5 nitrogen and oxygen atoms in total. The predicted molar refractivity (Wildman–Crippen MR) is 54.5 cm³/mol. The molecule has 0 aromatic heterocycles. The number of hydrogen-bond donors (Lipinski definition) is 1. The maximum atomic E-state index is 12.1. The normalized spacial score (nSPS) is 24.1. The van der Waals surface area contributed by atoms with E-state index in [0.29, 0.717) is 0 Å². The highest BCUT2D eigenvalue weighted by Gasteiger charge is 2.51. The Bertz CT molecular complexity index is 344. The van der Waals surface area contributed by atoms with E-state index in [4.69, 9.17) is 5.11 Å². The van der Waals surface area contributed by atoms with Gasteiger partial charge in [0.1, 0.15) is 6.54 Å². The number of hydrogen-bond acceptors (Lipinski definition) is 3. The molecule has 0 aromatic carbocycles. The number of carbonyl (C=O) groups is 3. The zero-order chi connectivity index (χ0) is 11.8. The number of rotatable bonds is 2. The van der Waals surface area contributed by atoms with Gasteiger partial charge in [-0.2, -0.15) is 0 Å². The third-order valence-electron chi connectivity index (χ3n) is 3.59. The van der Waals surface area contributed by atoms with E-state index >= 15 is 0 Å². The van der Waals surface area contributed by atoms with Crippen molar-refractivity contribution < 1.29 is 19.5 Å². The lowest BCUT2D eigenvalue weighted by atomic mass is 9.73. The van der Waals surface area contributed by atoms with Gasteiger partial charge < -0.3 is 5.11 Å². The van der Waals surface area contributed by atoms with E-state index < -0.39 is 17.9 Å². The van der Waals surface area contributed by atoms with E-state index in [1.807, 2.05) is 0 Å². The van der Waals surface area contributed by atoms with Gasteiger partial charge in [0.2, 0.25) is 11.8 Å². The smallest absolute Gasteiger partial charge is 0.323 e. The number of imide groups is 1. The molecule has 5 heteroatoms. The molecule has 0 bridgehead atoms. The topological polar surface area (TPSA) is 74.7 Å². The van der Waals surface area contributed by atoms with Crippen molar-refractivity contribution in [2.45, 2.75) is 38.5 Å². The molecule has 1 saturated heterocycles. The van der Waals surface area contributed by atoms with Gasteiger partial charge in [-0.1, -0.05) is 19.3 Å². The molecule has 0 aromatic rings. The molecule has 2 amide bonds. The third-order valence-corrected chi connectivity index (χ3v) is 3.59. The molecule has 16 heavy (non-hydrogen) atoms. The molecule has 0 radical (unpaired) electrons. The minimum atomic E-state index is -1.13. The van der Waals surface area contributed by atoms with Gasteiger partial charge >= 0.3 is 5.97 Å². The molecule has 88 valence electrons. The van der Waals surface area contributed by atoms with Crippen LogP contribution in [0.4, 0.5) is 0 Å². The summed E-state index contributed by atoms with van der Waals surface area (Å²) in [4.78, 5) is 35.2. The lowest BCUT2D eigenvalue weighted by Crippen LogP contribution is -2.39. The van der Waals surface area contributed by atoms with Gasteiger partial charge in [0.15, 0.2) is 0 Å². The number of carboxylic acid groups (broad SMARTS) is 1. The van der Waals surface area contributed by atoms with Crippen LogP contribution in [0.15, 0.2) is 0 Å². The standard InChI is InChI=1S/C11H15NO4/c13-8-6-11(4-2-1-3-5-11)10(16)12(8)7-9(14)15/h1-7H2,(H,14,15). The van der Waals surface area contributed by atoms with Crippen molar-refractivity contribution in [3.63, 3.8) is 0 Å². The number of carboxylic acids is 1. The molecule has 0 unspecified atom stereocenters. The molecule has 2 rings (SSSR count). The summed E-state index contributed by atoms with van der Waals surface area (Å²) in [7, 11) is 0. The van der Waals surface area contributed by atoms with Crippen molar-refractivity contribution in [1.29, 1.82) is 0 Å². The Morgan fingerprint density at radius 3 is 2.44 bits per heavy atom. The summed E-state index contributed by atoms with van der Waals surface area (Å²) in [6.07, 6.45) is 4.68. The number of carbonyl (C=O) groups excluding carboxylic acids is 2. The van der Waals surface area contributed by atoms with Gasteiger partial charge in [-0.3, -0.25) is 19.3 Å². The van der Waals surface area contributed by atoms with Crippen LogP contribution >= 0.6 is 0 Å². The average Bonchev–Trinajstić information content (AvgIpc) is 2.44. The first-order chi connectivity index (χ1) is 7.55. The summed E-state index contributed by atoms with van der Waals surface area (Å²) in [6, 6.07) is 0. The Labute approximate surface area is 93.4 Å². The van der Waals surface area contributed by atoms with Gasteiger partial charge in [0.25, 0.3) is 0 Å². The molecule has 1 aliphatic carbocycles. The zero-order valence-electron chi connectivity index (χ0n) is 9.07. The highest BCUT2D eigenvalue weighted by molar-refractivity contribution is 6.07. The fourth-order valence-corrected chi connectivity index (χ4v) is 2.77. The van der Waals surface area contributed by atoms with Crippen LogP contribution in [-0.4, -0.2) is 34.3 Å². The van der Waals surface area contributed by atoms with Crippen LogP contribution < -0.4 is 0 Å². The van der Waals surface area contributed by atoms with Crippen LogP contribution in [0.3, 0.4) is 0 Å². The average molecular weight is 225 g/mol. The number of nitrogens with zero attached hydrogens (tertiary/aromatic N) is 1. The van der Waals surface area contributed by atoms with Crippen molar-refractivity contribution in [2.24, 2.45) is 5.41 Å². The highest BCUT2D eigenvalue weighted by Crippen LogP contribution is 2.45. The molecule has 1 aliphatic heterocycles. The number of aliphatic carboxylic acids is 1. The highest BCUT2D eigenvalue weighted by atomic mass is 16.4. The molecular weight excluding hydrogens is 210 g/mol. The lowest BCUT2D eigenvalue weighted by Gasteiger charge is -2.30. The first kappa shape index (κ1) is 11.1. The van der Waals surface area contributed by atoms with Crippen LogP contribution in [0.2, 0.25) is 0 Å². The lowest BCUT2D eigenvalue weighted by molar-refractivity contribution is -0.150. The Morgan fingerprint density at radius 2 is 1.88 bits per heavy atom. The largest absolute Gasteiger partial charge is 0.480 e.